The van der Waals surface area contributed by atoms with Crippen molar-refractivity contribution in [1.82, 2.24) is 0 Å². The molecule has 0 radical (unpaired) electrons. The van der Waals surface area contributed by atoms with Crippen molar-refractivity contribution in [3.05, 3.63) is 29.8 Å². The van der Waals surface area contributed by atoms with E-state index >= 15 is 0 Å². The van der Waals surface area contributed by atoms with Gasteiger partial charge in [0.15, 0.2) is 0 Å². The molecule has 0 spiro atoms. The molecule has 0 aliphatic heterocycles. The summed E-state index contributed by atoms with van der Waals surface area (Å²) < 4.78 is 0. The molecule has 0 saturated heterocycles. The highest BCUT2D eigenvalue weighted by Crippen LogP contribution is 2.37. The molecule has 1 aromatic carbocycles. The highest BCUT2D eigenvalue weighted by Gasteiger charge is 2.34. The van der Waals surface area contributed by atoms with Crippen molar-refractivity contribution >= 4 is 5.69 Å². The maximum atomic E-state index is 6.08. The van der Waals surface area contributed by atoms with E-state index in [9.17, 15) is 0 Å². The zero-order chi connectivity index (χ0) is 13.9. The van der Waals surface area contributed by atoms with E-state index in [1.54, 1.807) is 0 Å². The third-order valence-corrected chi connectivity index (χ3v) is 4.78. The molecule has 0 heterocycles. The van der Waals surface area contributed by atoms with E-state index in [0.717, 1.165) is 18.4 Å². The maximum Gasteiger partial charge on any atom is 0.0495 e. The van der Waals surface area contributed by atoms with Gasteiger partial charge in [0.1, 0.15) is 0 Å². The van der Waals surface area contributed by atoms with E-state index in [4.69, 9.17) is 5.73 Å². The predicted molar refractivity (Wildman–Crippen MR) is 83.4 cm³/mol. The molecule has 1 aliphatic carbocycles. The van der Waals surface area contributed by atoms with Crippen LogP contribution in [-0.4, -0.2) is 12.1 Å². The summed E-state index contributed by atoms with van der Waals surface area (Å²) in [4.78, 5) is 0. The first-order valence-corrected chi connectivity index (χ1v) is 7.59. The highest BCUT2D eigenvalue weighted by molar-refractivity contribution is 5.47. The Kier molecular flexibility index (Phi) is 4.51. The average molecular weight is 260 g/mol. The van der Waals surface area contributed by atoms with E-state index in [1.165, 1.54) is 36.9 Å². The first-order valence-electron chi connectivity index (χ1n) is 7.59. The Bertz CT molecular complexity index is 386. The fraction of sp³-hybridized carbons (Fsp3) is 0.647. The second-order valence-corrected chi connectivity index (χ2v) is 6.56. The smallest absolute Gasteiger partial charge is 0.0495 e. The molecule has 1 saturated carbocycles. The van der Waals surface area contributed by atoms with Crippen LogP contribution in [0.25, 0.3) is 0 Å². The van der Waals surface area contributed by atoms with Gasteiger partial charge < -0.3 is 11.1 Å². The summed E-state index contributed by atoms with van der Waals surface area (Å²) in [5.74, 6) is 1.68. The van der Waals surface area contributed by atoms with Crippen molar-refractivity contribution in [2.75, 3.05) is 11.9 Å². The highest BCUT2D eigenvalue weighted by atomic mass is 15.0. The molecule has 0 bridgehead atoms. The van der Waals surface area contributed by atoms with Gasteiger partial charge in [0.25, 0.3) is 0 Å². The minimum absolute atomic E-state index is 0.112. The molecule has 1 fully saturated rings. The summed E-state index contributed by atoms with van der Waals surface area (Å²) in [6, 6.07) is 8.65. The molecule has 2 heteroatoms. The van der Waals surface area contributed by atoms with Gasteiger partial charge >= 0.3 is 0 Å². The third-order valence-electron chi connectivity index (χ3n) is 4.78. The van der Waals surface area contributed by atoms with Crippen molar-refractivity contribution in [2.24, 2.45) is 17.6 Å². The number of nitrogens with two attached hydrogens (primary N) is 1. The molecular weight excluding hydrogens is 232 g/mol. The van der Waals surface area contributed by atoms with Crippen molar-refractivity contribution < 1.29 is 0 Å². The van der Waals surface area contributed by atoms with Gasteiger partial charge in [-0.1, -0.05) is 31.5 Å². The summed E-state index contributed by atoms with van der Waals surface area (Å²) in [6.45, 7) is 7.53. The van der Waals surface area contributed by atoms with Crippen LogP contribution in [0, 0.1) is 18.8 Å². The number of anilines is 1. The first-order chi connectivity index (χ1) is 9.04. The quantitative estimate of drug-likeness (QED) is 0.860. The van der Waals surface area contributed by atoms with Gasteiger partial charge in [-0.2, -0.15) is 0 Å². The van der Waals surface area contributed by atoms with Crippen LogP contribution in [0.2, 0.25) is 0 Å². The Hall–Kier alpha value is -1.02. The zero-order valence-electron chi connectivity index (χ0n) is 12.6. The number of aryl methyl sites for hydroxylation is 1. The Balaban J connectivity index is 2.02. The Morgan fingerprint density at radius 2 is 1.79 bits per heavy atom. The summed E-state index contributed by atoms with van der Waals surface area (Å²) in [5.41, 5.74) is 8.70. The summed E-state index contributed by atoms with van der Waals surface area (Å²) >= 11 is 0. The molecule has 3 N–H and O–H groups in total. The molecule has 0 amide bonds. The molecule has 0 aromatic heterocycles. The number of nitrogens with one attached hydrogen (secondary N) is 1. The van der Waals surface area contributed by atoms with Gasteiger partial charge in [-0.3, -0.25) is 0 Å². The van der Waals surface area contributed by atoms with Gasteiger partial charge in [0, 0.05) is 17.8 Å². The number of hydrogen-bond donors (Lipinski definition) is 2. The summed E-state index contributed by atoms with van der Waals surface area (Å²) in [6.07, 6.45) is 4.99. The minimum Gasteiger partial charge on any atom is -0.378 e. The van der Waals surface area contributed by atoms with Crippen LogP contribution >= 0.6 is 0 Å². The van der Waals surface area contributed by atoms with Crippen LogP contribution < -0.4 is 11.1 Å². The van der Waals surface area contributed by atoms with Crippen LogP contribution in [0.15, 0.2) is 24.3 Å². The topological polar surface area (TPSA) is 38.0 Å². The Morgan fingerprint density at radius 1 is 1.21 bits per heavy atom. The van der Waals surface area contributed by atoms with E-state index in [1.807, 2.05) is 0 Å². The minimum atomic E-state index is 0.112. The fourth-order valence-corrected chi connectivity index (χ4v) is 3.18. The Morgan fingerprint density at radius 3 is 2.26 bits per heavy atom. The van der Waals surface area contributed by atoms with Crippen molar-refractivity contribution in [1.29, 1.82) is 0 Å². The lowest BCUT2D eigenvalue weighted by atomic mass is 9.72. The lowest BCUT2D eigenvalue weighted by Crippen LogP contribution is -2.48. The monoisotopic (exact) mass is 260 g/mol. The molecule has 1 aromatic rings. The molecule has 1 aliphatic rings. The van der Waals surface area contributed by atoms with Crippen LogP contribution in [0.4, 0.5) is 5.69 Å². The van der Waals surface area contributed by atoms with E-state index in [0.29, 0.717) is 0 Å². The predicted octanol–water partition coefficient (Wildman–Crippen LogP) is 3.95. The normalized spacial score (nSPS) is 27.5. The fourth-order valence-electron chi connectivity index (χ4n) is 3.18. The zero-order valence-corrected chi connectivity index (χ0v) is 12.6. The molecule has 2 nitrogen and oxygen atoms in total. The number of rotatable bonds is 4. The molecule has 19 heavy (non-hydrogen) atoms. The second-order valence-electron chi connectivity index (χ2n) is 6.56. The molecule has 0 atom stereocenters. The molecule has 0 unspecified atom stereocenters. The van der Waals surface area contributed by atoms with Gasteiger partial charge in [-0.05, 0) is 56.6 Å². The van der Waals surface area contributed by atoms with Gasteiger partial charge in [0.05, 0.1) is 0 Å². The average Bonchev–Trinajstić information content (AvgIpc) is 2.42. The largest absolute Gasteiger partial charge is 0.378 e. The van der Waals surface area contributed by atoms with Gasteiger partial charge in [0.2, 0.25) is 0 Å². The van der Waals surface area contributed by atoms with Crippen LogP contribution in [0.5, 0.6) is 0 Å². The van der Waals surface area contributed by atoms with Crippen LogP contribution in [0.3, 0.4) is 0 Å². The second kappa shape index (κ2) is 5.96. The van der Waals surface area contributed by atoms with Crippen LogP contribution in [0.1, 0.15) is 45.1 Å². The number of benzene rings is 1. The lowest BCUT2D eigenvalue weighted by molar-refractivity contribution is 0.213. The summed E-state index contributed by atoms with van der Waals surface area (Å²) in [7, 11) is 0. The van der Waals surface area contributed by atoms with Gasteiger partial charge in [-0.15, -0.1) is 0 Å². The first kappa shape index (κ1) is 14.4. The van der Waals surface area contributed by atoms with Crippen LogP contribution in [-0.2, 0) is 0 Å². The van der Waals surface area contributed by atoms with Crippen molar-refractivity contribution in [3.63, 3.8) is 0 Å². The third kappa shape index (κ3) is 3.50. The molecule has 106 valence electrons. The molecule has 2 rings (SSSR count). The van der Waals surface area contributed by atoms with Crippen molar-refractivity contribution in [3.8, 4) is 0 Å². The standard InChI is InChI=1S/C17H28N2/c1-13(2)15-8-10-17(12-18,11-9-15)19-16-6-4-14(3)5-7-16/h4-7,13,15,19H,8-12,18H2,1-3H3. The SMILES string of the molecule is Cc1ccc(NC2(CN)CCC(C(C)C)CC2)cc1. The lowest BCUT2D eigenvalue weighted by Gasteiger charge is -2.42. The van der Waals surface area contributed by atoms with E-state index in [-0.39, 0.29) is 5.54 Å². The van der Waals surface area contributed by atoms with Crippen molar-refractivity contribution in [2.45, 2.75) is 52.0 Å². The van der Waals surface area contributed by atoms with E-state index < -0.39 is 0 Å². The number of hydrogen-bond acceptors (Lipinski definition) is 2. The summed E-state index contributed by atoms with van der Waals surface area (Å²) in [5, 5.41) is 3.71. The van der Waals surface area contributed by atoms with E-state index in [2.05, 4.69) is 50.4 Å². The maximum absolute atomic E-state index is 6.08. The van der Waals surface area contributed by atoms with Gasteiger partial charge in [-0.25, -0.2) is 0 Å². The Labute approximate surface area is 117 Å². The molecular formula is C17H28N2.